The van der Waals surface area contributed by atoms with Crippen LogP contribution in [-0.2, 0) is 13.5 Å². The highest BCUT2D eigenvalue weighted by Gasteiger charge is 2.30. The average molecular weight is 226 g/mol. The molecule has 0 aliphatic rings. The van der Waals surface area contributed by atoms with Gasteiger partial charge in [0.2, 0.25) is 0 Å². The summed E-state index contributed by atoms with van der Waals surface area (Å²) in [7, 11) is 1.72. The Labute approximate surface area is 94.6 Å². The molecule has 2 atom stereocenters. The zero-order valence-electron chi connectivity index (χ0n) is 10.1. The van der Waals surface area contributed by atoms with E-state index in [1.807, 2.05) is 20.8 Å². The molecule has 2 unspecified atom stereocenters. The van der Waals surface area contributed by atoms with E-state index >= 15 is 0 Å². The predicted octanol–water partition coefficient (Wildman–Crippen LogP) is 1.34. The van der Waals surface area contributed by atoms with Gasteiger partial charge in [-0.3, -0.25) is 14.8 Å². The number of nitrogens with zero attached hydrogens (tertiary/aromatic N) is 3. The van der Waals surface area contributed by atoms with Crippen LogP contribution in [0.15, 0.2) is 0 Å². The maximum Gasteiger partial charge on any atom is 0.313 e. The van der Waals surface area contributed by atoms with E-state index in [9.17, 15) is 10.1 Å². The normalized spacial score (nSPS) is 14.8. The molecule has 1 aromatic heterocycles. The molecule has 1 aromatic rings. The van der Waals surface area contributed by atoms with Gasteiger partial charge in [-0.25, -0.2) is 0 Å². The molecule has 1 rings (SSSR count). The molecular weight excluding hydrogens is 208 g/mol. The Hall–Kier alpha value is -1.43. The van der Waals surface area contributed by atoms with Crippen molar-refractivity contribution >= 4 is 5.69 Å². The zero-order chi connectivity index (χ0) is 12.5. The van der Waals surface area contributed by atoms with E-state index in [0.717, 1.165) is 0 Å². The van der Waals surface area contributed by atoms with Crippen molar-refractivity contribution in [1.82, 2.24) is 9.78 Å². The van der Waals surface area contributed by atoms with Crippen molar-refractivity contribution in [2.45, 2.75) is 39.2 Å². The lowest BCUT2D eigenvalue weighted by Crippen LogP contribution is -2.24. The lowest BCUT2D eigenvalue weighted by Gasteiger charge is -2.14. The van der Waals surface area contributed by atoms with E-state index in [-0.39, 0.29) is 22.6 Å². The number of nitrogens with two attached hydrogens (primary N) is 1. The Morgan fingerprint density at radius 1 is 1.56 bits per heavy atom. The molecule has 0 fully saturated rings. The van der Waals surface area contributed by atoms with Gasteiger partial charge in [-0.05, 0) is 13.3 Å². The molecule has 90 valence electrons. The van der Waals surface area contributed by atoms with Gasteiger partial charge in [-0.2, -0.15) is 5.10 Å². The molecule has 6 nitrogen and oxygen atoms in total. The molecule has 0 saturated heterocycles. The lowest BCUT2D eigenvalue weighted by atomic mass is 9.98. The van der Waals surface area contributed by atoms with Crippen LogP contribution >= 0.6 is 0 Å². The van der Waals surface area contributed by atoms with Crippen LogP contribution in [-0.4, -0.2) is 20.7 Å². The zero-order valence-corrected chi connectivity index (χ0v) is 10.1. The second-order valence-corrected chi connectivity index (χ2v) is 4.06. The first kappa shape index (κ1) is 12.6. The highest BCUT2D eigenvalue weighted by molar-refractivity contribution is 5.43. The molecule has 1 heterocycles. The second kappa shape index (κ2) is 4.61. The molecule has 0 saturated carbocycles. The summed E-state index contributed by atoms with van der Waals surface area (Å²) in [4.78, 5) is 10.7. The van der Waals surface area contributed by atoms with Crippen molar-refractivity contribution in [3.8, 4) is 0 Å². The summed E-state index contributed by atoms with van der Waals surface area (Å²) in [5, 5.41) is 15.2. The van der Waals surface area contributed by atoms with Gasteiger partial charge in [0, 0.05) is 19.0 Å². The fourth-order valence-electron chi connectivity index (χ4n) is 1.78. The summed E-state index contributed by atoms with van der Waals surface area (Å²) in [6.07, 6.45) is 0.551. The maximum absolute atomic E-state index is 11.1. The minimum Gasteiger partial charge on any atom is -0.327 e. The molecule has 0 aromatic carbocycles. The SMILES string of the molecule is CCc1nn(C)c(C(C)C(C)N)c1[N+](=O)[O-]. The minimum atomic E-state index is -0.361. The molecule has 16 heavy (non-hydrogen) atoms. The van der Waals surface area contributed by atoms with Crippen LogP contribution in [0.5, 0.6) is 0 Å². The van der Waals surface area contributed by atoms with Crippen molar-refractivity contribution in [3.63, 3.8) is 0 Å². The minimum absolute atomic E-state index is 0.0850. The van der Waals surface area contributed by atoms with Gasteiger partial charge < -0.3 is 5.73 Å². The van der Waals surface area contributed by atoms with E-state index in [4.69, 9.17) is 5.73 Å². The average Bonchev–Trinajstić information content (AvgIpc) is 2.53. The third kappa shape index (κ3) is 2.06. The van der Waals surface area contributed by atoms with Crippen molar-refractivity contribution in [2.75, 3.05) is 0 Å². The topological polar surface area (TPSA) is 87.0 Å². The Bertz CT molecular complexity index is 398. The number of rotatable bonds is 4. The molecular formula is C10H18N4O2. The van der Waals surface area contributed by atoms with Gasteiger partial charge in [-0.15, -0.1) is 0 Å². The first-order valence-electron chi connectivity index (χ1n) is 5.35. The van der Waals surface area contributed by atoms with E-state index < -0.39 is 0 Å². The number of aryl methyl sites for hydroxylation is 2. The van der Waals surface area contributed by atoms with E-state index in [0.29, 0.717) is 17.8 Å². The van der Waals surface area contributed by atoms with Gasteiger partial charge in [0.25, 0.3) is 0 Å². The summed E-state index contributed by atoms with van der Waals surface area (Å²) in [6, 6.07) is -0.140. The van der Waals surface area contributed by atoms with E-state index in [2.05, 4.69) is 5.10 Å². The molecule has 0 aliphatic heterocycles. The van der Waals surface area contributed by atoms with Gasteiger partial charge >= 0.3 is 5.69 Å². The van der Waals surface area contributed by atoms with Crippen molar-refractivity contribution in [3.05, 3.63) is 21.5 Å². The fourth-order valence-corrected chi connectivity index (χ4v) is 1.78. The number of hydrogen-bond donors (Lipinski definition) is 1. The number of nitro groups is 1. The molecule has 0 amide bonds. The van der Waals surface area contributed by atoms with E-state index in [1.54, 1.807) is 11.7 Å². The largest absolute Gasteiger partial charge is 0.327 e. The van der Waals surface area contributed by atoms with Crippen LogP contribution in [0.3, 0.4) is 0 Å². The van der Waals surface area contributed by atoms with Gasteiger partial charge in [0.15, 0.2) is 0 Å². The van der Waals surface area contributed by atoms with Crippen molar-refractivity contribution in [2.24, 2.45) is 12.8 Å². The van der Waals surface area contributed by atoms with Crippen LogP contribution in [0, 0.1) is 10.1 Å². The Morgan fingerprint density at radius 3 is 2.50 bits per heavy atom. The van der Waals surface area contributed by atoms with Gasteiger partial charge in [0.05, 0.1) is 4.92 Å². The Morgan fingerprint density at radius 2 is 2.12 bits per heavy atom. The van der Waals surface area contributed by atoms with Crippen LogP contribution in [0.4, 0.5) is 5.69 Å². The summed E-state index contributed by atoms with van der Waals surface area (Å²) in [6.45, 7) is 5.58. The van der Waals surface area contributed by atoms with Crippen LogP contribution in [0.1, 0.15) is 38.1 Å². The highest BCUT2D eigenvalue weighted by Crippen LogP contribution is 2.31. The quantitative estimate of drug-likeness (QED) is 0.620. The summed E-state index contributed by atoms with van der Waals surface area (Å²) in [5.74, 6) is -0.0850. The first-order chi connectivity index (χ1) is 7.40. The fraction of sp³-hybridized carbons (Fsp3) is 0.700. The first-order valence-corrected chi connectivity index (χ1v) is 5.35. The Balaban J connectivity index is 3.36. The van der Waals surface area contributed by atoms with E-state index in [1.165, 1.54) is 0 Å². The van der Waals surface area contributed by atoms with Crippen molar-refractivity contribution < 1.29 is 4.92 Å². The molecule has 0 bridgehead atoms. The van der Waals surface area contributed by atoms with Crippen LogP contribution in [0.2, 0.25) is 0 Å². The third-order valence-corrected chi connectivity index (χ3v) is 2.87. The standard InChI is InChI=1S/C10H18N4O2/c1-5-8-10(14(15)16)9(13(4)12-8)6(2)7(3)11/h6-7H,5,11H2,1-4H3. The number of hydrogen-bond acceptors (Lipinski definition) is 4. The summed E-state index contributed by atoms with van der Waals surface area (Å²) in [5.41, 5.74) is 7.04. The third-order valence-electron chi connectivity index (χ3n) is 2.87. The summed E-state index contributed by atoms with van der Waals surface area (Å²) < 4.78 is 1.57. The van der Waals surface area contributed by atoms with Crippen molar-refractivity contribution in [1.29, 1.82) is 0 Å². The lowest BCUT2D eigenvalue weighted by molar-refractivity contribution is -0.386. The second-order valence-electron chi connectivity index (χ2n) is 4.06. The smallest absolute Gasteiger partial charge is 0.313 e. The molecule has 2 N–H and O–H groups in total. The maximum atomic E-state index is 11.1. The Kier molecular flexibility index (Phi) is 3.64. The molecule has 0 spiro atoms. The molecule has 0 radical (unpaired) electrons. The monoisotopic (exact) mass is 226 g/mol. The van der Waals surface area contributed by atoms with Crippen LogP contribution < -0.4 is 5.73 Å². The predicted molar refractivity (Wildman–Crippen MR) is 61.3 cm³/mol. The summed E-state index contributed by atoms with van der Waals surface area (Å²) >= 11 is 0. The van der Waals surface area contributed by atoms with Gasteiger partial charge in [-0.1, -0.05) is 13.8 Å². The number of aromatic nitrogens is 2. The molecule has 0 aliphatic carbocycles. The highest BCUT2D eigenvalue weighted by atomic mass is 16.6. The van der Waals surface area contributed by atoms with Crippen LogP contribution in [0.25, 0.3) is 0 Å². The molecule has 6 heteroatoms. The van der Waals surface area contributed by atoms with Gasteiger partial charge in [0.1, 0.15) is 11.4 Å².